The lowest BCUT2D eigenvalue weighted by atomic mass is 10.1. The van der Waals surface area contributed by atoms with E-state index in [-0.39, 0.29) is 17.5 Å². The molecule has 1 aliphatic carbocycles. The van der Waals surface area contributed by atoms with Crippen molar-refractivity contribution in [3.63, 3.8) is 0 Å². The number of allylic oxidation sites excluding steroid dienone is 1. The summed E-state index contributed by atoms with van der Waals surface area (Å²) in [5.41, 5.74) is 0. The molecule has 0 saturated heterocycles. The van der Waals surface area contributed by atoms with E-state index in [1.54, 1.807) is 0 Å². The average molecular weight is 175 g/mol. The third-order valence-corrected chi connectivity index (χ3v) is 1.94. The quantitative estimate of drug-likeness (QED) is 0.345. The number of alkyl halides is 1. The van der Waals surface area contributed by atoms with Crippen molar-refractivity contribution < 1.29 is 9.53 Å². The van der Waals surface area contributed by atoms with E-state index in [0.717, 1.165) is 12.8 Å². The van der Waals surface area contributed by atoms with Crippen LogP contribution in [0.1, 0.15) is 19.8 Å². The van der Waals surface area contributed by atoms with Crippen LogP contribution in [0.15, 0.2) is 12.2 Å². The van der Waals surface area contributed by atoms with E-state index in [0.29, 0.717) is 0 Å². The lowest BCUT2D eigenvalue weighted by molar-refractivity contribution is -0.144. The average Bonchev–Trinajstić information content (AvgIpc) is 1.93. The van der Waals surface area contributed by atoms with Crippen LogP contribution in [0.5, 0.6) is 0 Å². The third-order valence-electron chi connectivity index (χ3n) is 1.58. The third kappa shape index (κ3) is 2.93. The van der Waals surface area contributed by atoms with Crippen LogP contribution in [0.4, 0.5) is 0 Å². The Morgan fingerprint density at radius 3 is 2.73 bits per heavy atom. The first-order valence-electron chi connectivity index (χ1n) is 3.68. The van der Waals surface area contributed by atoms with Crippen molar-refractivity contribution in [3.05, 3.63) is 12.2 Å². The number of hydrogen-bond donors (Lipinski definition) is 0. The van der Waals surface area contributed by atoms with Crippen molar-refractivity contribution in [1.29, 1.82) is 0 Å². The molecule has 0 saturated carbocycles. The molecular weight excluding hydrogens is 164 g/mol. The topological polar surface area (TPSA) is 26.3 Å². The minimum Gasteiger partial charge on any atom is -0.458 e. The molecule has 2 nitrogen and oxygen atoms in total. The van der Waals surface area contributed by atoms with Gasteiger partial charge in [-0.3, -0.25) is 4.79 Å². The number of ether oxygens (including phenoxy) is 1. The lowest BCUT2D eigenvalue weighted by Gasteiger charge is -2.18. The fourth-order valence-corrected chi connectivity index (χ4v) is 1.28. The molecule has 0 aromatic heterocycles. The number of halogens is 1. The summed E-state index contributed by atoms with van der Waals surface area (Å²) in [6.07, 6.45) is 5.39. The molecule has 0 aliphatic heterocycles. The van der Waals surface area contributed by atoms with Gasteiger partial charge < -0.3 is 4.74 Å². The van der Waals surface area contributed by atoms with Gasteiger partial charge >= 0.3 is 5.97 Å². The molecule has 1 rings (SSSR count). The molecular formula is C8H11ClO2. The molecule has 0 aromatic carbocycles. The Balaban J connectivity index is 2.38. The first-order chi connectivity index (χ1) is 5.18. The van der Waals surface area contributed by atoms with Crippen LogP contribution in [0.3, 0.4) is 0 Å². The standard InChI is InChI=1S/C8H11ClO2/c1-6(10)11-8-4-2-7(9)3-5-8/h2,4,7-8H,3,5H2,1H3/t7-,8-/m0/s1. The van der Waals surface area contributed by atoms with Gasteiger partial charge in [-0.15, -0.1) is 11.6 Å². The first-order valence-corrected chi connectivity index (χ1v) is 4.12. The van der Waals surface area contributed by atoms with Gasteiger partial charge in [0.1, 0.15) is 6.10 Å². The van der Waals surface area contributed by atoms with Crippen LogP contribution in [0.25, 0.3) is 0 Å². The number of carbonyl (C=O) groups excluding carboxylic acids is 1. The zero-order valence-electron chi connectivity index (χ0n) is 6.42. The monoisotopic (exact) mass is 174 g/mol. The second-order valence-electron chi connectivity index (χ2n) is 2.63. The van der Waals surface area contributed by atoms with Crippen LogP contribution < -0.4 is 0 Å². The van der Waals surface area contributed by atoms with Crippen molar-refractivity contribution in [2.24, 2.45) is 0 Å². The Morgan fingerprint density at radius 1 is 1.55 bits per heavy atom. The smallest absolute Gasteiger partial charge is 0.303 e. The molecule has 2 atom stereocenters. The molecule has 0 spiro atoms. The van der Waals surface area contributed by atoms with Crippen LogP contribution in [-0.2, 0) is 9.53 Å². The minimum absolute atomic E-state index is 0.0532. The van der Waals surface area contributed by atoms with E-state index in [4.69, 9.17) is 16.3 Å². The van der Waals surface area contributed by atoms with Gasteiger partial charge in [0.25, 0.3) is 0 Å². The Kier molecular flexibility index (Phi) is 2.94. The summed E-state index contributed by atoms with van der Waals surface area (Å²) in [7, 11) is 0. The molecule has 62 valence electrons. The summed E-state index contributed by atoms with van der Waals surface area (Å²) >= 11 is 5.79. The van der Waals surface area contributed by atoms with Gasteiger partial charge in [0.05, 0.1) is 5.38 Å². The maximum atomic E-state index is 10.5. The van der Waals surface area contributed by atoms with Gasteiger partial charge in [-0.05, 0) is 18.9 Å². The highest BCUT2D eigenvalue weighted by Crippen LogP contribution is 2.18. The second-order valence-corrected chi connectivity index (χ2v) is 3.19. The lowest BCUT2D eigenvalue weighted by Crippen LogP contribution is -2.18. The van der Waals surface area contributed by atoms with Crippen LogP contribution >= 0.6 is 11.6 Å². The highest BCUT2D eigenvalue weighted by atomic mass is 35.5. The largest absolute Gasteiger partial charge is 0.458 e. The van der Waals surface area contributed by atoms with E-state index in [1.807, 2.05) is 12.2 Å². The maximum Gasteiger partial charge on any atom is 0.303 e. The number of hydrogen-bond acceptors (Lipinski definition) is 2. The van der Waals surface area contributed by atoms with Gasteiger partial charge in [0.15, 0.2) is 0 Å². The summed E-state index contributed by atoms with van der Waals surface area (Å²) in [5.74, 6) is -0.229. The van der Waals surface area contributed by atoms with Gasteiger partial charge in [-0.25, -0.2) is 0 Å². The van der Waals surface area contributed by atoms with Crippen LogP contribution in [0.2, 0.25) is 0 Å². The zero-order chi connectivity index (χ0) is 8.27. The van der Waals surface area contributed by atoms with Crippen molar-refractivity contribution in [2.75, 3.05) is 0 Å². The Morgan fingerprint density at radius 2 is 2.27 bits per heavy atom. The molecule has 0 fully saturated rings. The summed E-state index contributed by atoms with van der Waals surface area (Å²) in [6.45, 7) is 1.42. The molecule has 1 aliphatic rings. The molecule has 0 amide bonds. The summed E-state index contributed by atoms with van der Waals surface area (Å²) < 4.78 is 4.96. The Bertz CT molecular complexity index is 177. The van der Waals surface area contributed by atoms with Gasteiger partial charge in [0.2, 0.25) is 0 Å². The number of esters is 1. The highest BCUT2D eigenvalue weighted by molar-refractivity contribution is 6.21. The fourth-order valence-electron chi connectivity index (χ4n) is 1.07. The van der Waals surface area contributed by atoms with Gasteiger partial charge in [0, 0.05) is 6.92 Å². The fraction of sp³-hybridized carbons (Fsp3) is 0.625. The van der Waals surface area contributed by atoms with E-state index in [1.165, 1.54) is 6.92 Å². The summed E-state index contributed by atoms with van der Waals surface area (Å²) in [6, 6.07) is 0. The van der Waals surface area contributed by atoms with Crippen molar-refractivity contribution in [3.8, 4) is 0 Å². The molecule has 11 heavy (non-hydrogen) atoms. The van der Waals surface area contributed by atoms with Gasteiger partial charge in [-0.2, -0.15) is 0 Å². The molecule has 0 bridgehead atoms. The normalized spacial score (nSPS) is 30.0. The predicted octanol–water partition coefficient (Wildman–Crippen LogP) is 1.88. The predicted molar refractivity (Wildman–Crippen MR) is 43.6 cm³/mol. The SMILES string of the molecule is CC(=O)O[C@H]1C=C[C@H](Cl)CC1. The van der Waals surface area contributed by atoms with Crippen LogP contribution in [0, 0.1) is 0 Å². The molecule has 0 unspecified atom stereocenters. The van der Waals surface area contributed by atoms with Crippen molar-refractivity contribution >= 4 is 17.6 Å². The molecule has 0 radical (unpaired) electrons. The summed E-state index contributed by atoms with van der Waals surface area (Å²) in [4.78, 5) is 10.5. The molecule has 0 aromatic rings. The van der Waals surface area contributed by atoms with E-state index < -0.39 is 0 Å². The minimum atomic E-state index is -0.229. The van der Waals surface area contributed by atoms with Crippen LogP contribution in [-0.4, -0.2) is 17.5 Å². The zero-order valence-corrected chi connectivity index (χ0v) is 7.17. The van der Waals surface area contributed by atoms with Crippen molar-refractivity contribution in [1.82, 2.24) is 0 Å². The van der Waals surface area contributed by atoms with E-state index in [9.17, 15) is 4.79 Å². The maximum absolute atomic E-state index is 10.5. The van der Waals surface area contributed by atoms with Crippen molar-refractivity contribution in [2.45, 2.75) is 31.2 Å². The Labute approximate surface area is 71.2 Å². The second kappa shape index (κ2) is 3.77. The Hall–Kier alpha value is -0.500. The first kappa shape index (κ1) is 8.60. The molecule has 0 heterocycles. The molecule has 0 N–H and O–H groups in total. The van der Waals surface area contributed by atoms with E-state index in [2.05, 4.69) is 0 Å². The number of rotatable bonds is 1. The highest BCUT2D eigenvalue weighted by Gasteiger charge is 2.15. The molecule has 3 heteroatoms. The summed E-state index contributed by atoms with van der Waals surface area (Å²) in [5, 5.41) is 0.113. The van der Waals surface area contributed by atoms with E-state index >= 15 is 0 Å². The van der Waals surface area contributed by atoms with Gasteiger partial charge in [-0.1, -0.05) is 6.08 Å². The number of carbonyl (C=O) groups is 1.